The lowest BCUT2D eigenvalue weighted by atomic mass is 10.2. The van der Waals surface area contributed by atoms with E-state index < -0.39 is 30.3 Å². The molecule has 0 saturated heterocycles. The van der Waals surface area contributed by atoms with Crippen molar-refractivity contribution in [2.24, 2.45) is 0 Å². The molecule has 0 aliphatic rings. The van der Waals surface area contributed by atoms with Gasteiger partial charge in [-0.2, -0.15) is 0 Å². The van der Waals surface area contributed by atoms with E-state index in [1.807, 2.05) is 0 Å². The topological polar surface area (TPSA) is 75.6 Å². The normalized spacial score (nSPS) is 11.8. The summed E-state index contributed by atoms with van der Waals surface area (Å²) >= 11 is 5.47. The summed E-state index contributed by atoms with van der Waals surface area (Å²) in [6.07, 6.45) is 0. The molecule has 1 atom stereocenters. The molecule has 1 amide bonds. The molecule has 0 aliphatic carbocycles. The van der Waals surface area contributed by atoms with Gasteiger partial charge in [0.1, 0.15) is 5.82 Å². The van der Waals surface area contributed by atoms with Crippen LogP contribution < -0.4 is 5.32 Å². The van der Waals surface area contributed by atoms with Crippen LogP contribution in [-0.2, 0) is 9.53 Å². The third-order valence-corrected chi connectivity index (χ3v) is 2.46. The van der Waals surface area contributed by atoms with Crippen LogP contribution in [0.15, 0.2) is 18.2 Å². The summed E-state index contributed by atoms with van der Waals surface area (Å²) in [5, 5.41) is 11.0. The molecule has 18 heavy (non-hydrogen) atoms. The number of hydrogen-bond acceptors (Lipinski definition) is 4. The number of halogens is 2. The van der Waals surface area contributed by atoms with Gasteiger partial charge >= 0.3 is 5.97 Å². The first-order valence-corrected chi connectivity index (χ1v) is 5.32. The third-order valence-electron chi connectivity index (χ3n) is 2.16. The highest BCUT2D eigenvalue weighted by atomic mass is 35.5. The summed E-state index contributed by atoms with van der Waals surface area (Å²) in [5.74, 6) is -2.25. The number of methoxy groups -OCH3 is 1. The third kappa shape index (κ3) is 3.41. The molecule has 0 bridgehead atoms. The van der Waals surface area contributed by atoms with Crippen LogP contribution in [0.1, 0.15) is 10.4 Å². The van der Waals surface area contributed by atoms with Crippen LogP contribution in [0.5, 0.6) is 0 Å². The molecule has 0 heterocycles. The second kappa shape index (κ2) is 6.32. The van der Waals surface area contributed by atoms with Crippen LogP contribution in [-0.4, -0.2) is 36.7 Å². The molecule has 1 unspecified atom stereocenters. The Balaban J connectivity index is 2.81. The molecule has 1 rings (SSSR count). The summed E-state index contributed by atoms with van der Waals surface area (Å²) in [4.78, 5) is 22.8. The summed E-state index contributed by atoms with van der Waals surface area (Å²) in [5.41, 5.74) is -0.0146. The van der Waals surface area contributed by atoms with Gasteiger partial charge in [-0.1, -0.05) is 11.6 Å². The van der Waals surface area contributed by atoms with E-state index in [-0.39, 0.29) is 10.6 Å². The summed E-state index contributed by atoms with van der Waals surface area (Å²) < 4.78 is 17.5. The van der Waals surface area contributed by atoms with Crippen LogP contribution in [0.25, 0.3) is 0 Å². The van der Waals surface area contributed by atoms with Gasteiger partial charge in [0.2, 0.25) is 0 Å². The van der Waals surface area contributed by atoms with Crippen LogP contribution in [0.3, 0.4) is 0 Å². The first-order chi connectivity index (χ1) is 8.49. The maximum absolute atomic E-state index is 13.1. The van der Waals surface area contributed by atoms with Crippen molar-refractivity contribution in [1.29, 1.82) is 0 Å². The number of esters is 1. The molecule has 0 spiro atoms. The van der Waals surface area contributed by atoms with Crippen molar-refractivity contribution in [2.45, 2.75) is 6.04 Å². The highest BCUT2D eigenvalue weighted by Gasteiger charge is 2.21. The molecule has 7 heteroatoms. The van der Waals surface area contributed by atoms with Gasteiger partial charge in [-0.15, -0.1) is 0 Å². The number of hydrogen-bond donors (Lipinski definition) is 2. The van der Waals surface area contributed by atoms with Crippen LogP contribution in [0.4, 0.5) is 4.39 Å². The second-order valence-corrected chi connectivity index (χ2v) is 3.77. The van der Waals surface area contributed by atoms with Gasteiger partial charge in [-0.3, -0.25) is 4.79 Å². The number of rotatable bonds is 4. The van der Waals surface area contributed by atoms with Gasteiger partial charge in [0.25, 0.3) is 5.91 Å². The molecule has 98 valence electrons. The minimum atomic E-state index is -1.19. The lowest BCUT2D eigenvalue weighted by Gasteiger charge is -2.13. The SMILES string of the molecule is COC(=O)C(CO)NC(=O)c1ccc(Cl)c(F)c1. The maximum Gasteiger partial charge on any atom is 0.330 e. The Bertz CT molecular complexity index is 466. The van der Waals surface area contributed by atoms with E-state index in [0.29, 0.717) is 0 Å². The largest absolute Gasteiger partial charge is 0.467 e. The number of benzene rings is 1. The average Bonchev–Trinajstić information content (AvgIpc) is 2.37. The standard InChI is InChI=1S/C11H11ClFNO4/c1-18-11(17)9(5-15)14-10(16)6-2-3-7(12)8(13)4-6/h2-4,9,15H,5H2,1H3,(H,14,16). The van der Waals surface area contributed by atoms with Gasteiger partial charge in [-0.25, -0.2) is 9.18 Å². The molecule has 0 saturated carbocycles. The van der Waals surface area contributed by atoms with E-state index >= 15 is 0 Å². The molecule has 0 aromatic heterocycles. The Kier molecular flexibility index (Phi) is 5.06. The Hall–Kier alpha value is -1.66. The molecule has 2 N–H and O–H groups in total. The Morgan fingerprint density at radius 1 is 1.56 bits per heavy atom. The quantitative estimate of drug-likeness (QED) is 0.795. The minimum Gasteiger partial charge on any atom is -0.467 e. The fourth-order valence-electron chi connectivity index (χ4n) is 1.20. The van der Waals surface area contributed by atoms with E-state index in [1.165, 1.54) is 12.1 Å². The molecular weight excluding hydrogens is 265 g/mol. The predicted molar refractivity (Wildman–Crippen MR) is 61.8 cm³/mol. The van der Waals surface area contributed by atoms with E-state index in [2.05, 4.69) is 10.1 Å². The summed E-state index contributed by atoms with van der Waals surface area (Å²) in [7, 11) is 1.12. The number of aliphatic hydroxyl groups excluding tert-OH is 1. The van der Waals surface area contributed by atoms with Crippen LogP contribution in [0.2, 0.25) is 5.02 Å². The molecule has 0 radical (unpaired) electrons. The lowest BCUT2D eigenvalue weighted by Crippen LogP contribution is -2.44. The summed E-state index contributed by atoms with van der Waals surface area (Å²) in [6.45, 7) is -0.617. The van der Waals surface area contributed by atoms with Crippen LogP contribution >= 0.6 is 11.6 Å². The van der Waals surface area contributed by atoms with Crippen molar-refractivity contribution in [2.75, 3.05) is 13.7 Å². The van der Waals surface area contributed by atoms with Gasteiger partial charge in [-0.05, 0) is 18.2 Å². The monoisotopic (exact) mass is 275 g/mol. The molecule has 5 nitrogen and oxygen atoms in total. The van der Waals surface area contributed by atoms with Crippen molar-refractivity contribution in [1.82, 2.24) is 5.32 Å². The molecule has 1 aromatic carbocycles. The molecule has 0 aliphatic heterocycles. The summed E-state index contributed by atoms with van der Waals surface area (Å²) in [6, 6.07) is 2.26. The van der Waals surface area contributed by atoms with Crippen molar-refractivity contribution >= 4 is 23.5 Å². The van der Waals surface area contributed by atoms with E-state index in [0.717, 1.165) is 13.2 Å². The smallest absolute Gasteiger partial charge is 0.330 e. The zero-order chi connectivity index (χ0) is 13.7. The van der Waals surface area contributed by atoms with Gasteiger partial charge in [0.05, 0.1) is 18.7 Å². The number of nitrogens with one attached hydrogen (secondary N) is 1. The lowest BCUT2D eigenvalue weighted by molar-refractivity contribution is -0.143. The maximum atomic E-state index is 13.1. The highest BCUT2D eigenvalue weighted by Crippen LogP contribution is 2.15. The zero-order valence-electron chi connectivity index (χ0n) is 9.44. The van der Waals surface area contributed by atoms with Gasteiger partial charge < -0.3 is 15.2 Å². The van der Waals surface area contributed by atoms with E-state index in [9.17, 15) is 14.0 Å². The number of aliphatic hydroxyl groups is 1. The van der Waals surface area contributed by atoms with Crippen molar-refractivity contribution in [3.8, 4) is 0 Å². The van der Waals surface area contributed by atoms with E-state index in [1.54, 1.807) is 0 Å². The number of amides is 1. The zero-order valence-corrected chi connectivity index (χ0v) is 10.2. The molecular formula is C11H11ClFNO4. The van der Waals surface area contributed by atoms with Crippen molar-refractivity contribution < 1.29 is 23.8 Å². The number of ether oxygens (including phenoxy) is 1. The second-order valence-electron chi connectivity index (χ2n) is 3.36. The molecule has 0 fully saturated rings. The van der Waals surface area contributed by atoms with E-state index in [4.69, 9.17) is 16.7 Å². The van der Waals surface area contributed by atoms with Crippen molar-refractivity contribution in [3.63, 3.8) is 0 Å². The predicted octanol–water partition coefficient (Wildman–Crippen LogP) is 0.743. The van der Waals surface area contributed by atoms with Gasteiger partial charge in [0.15, 0.2) is 6.04 Å². The number of carbonyl (C=O) groups excluding carboxylic acids is 2. The average molecular weight is 276 g/mol. The van der Waals surface area contributed by atoms with Crippen LogP contribution in [0, 0.1) is 5.82 Å². The molecule has 1 aromatic rings. The Labute approximate surface area is 108 Å². The van der Waals surface area contributed by atoms with Crippen molar-refractivity contribution in [3.05, 3.63) is 34.6 Å². The fourth-order valence-corrected chi connectivity index (χ4v) is 1.32. The first kappa shape index (κ1) is 14.4. The Morgan fingerprint density at radius 2 is 2.22 bits per heavy atom. The number of carbonyl (C=O) groups is 2. The minimum absolute atomic E-state index is 0.0146. The van der Waals surface area contributed by atoms with Gasteiger partial charge in [0, 0.05) is 5.56 Å². The first-order valence-electron chi connectivity index (χ1n) is 4.94. The fraction of sp³-hybridized carbons (Fsp3) is 0.273. The Morgan fingerprint density at radius 3 is 2.72 bits per heavy atom. The highest BCUT2D eigenvalue weighted by molar-refractivity contribution is 6.30.